The lowest BCUT2D eigenvalue weighted by Gasteiger charge is -2.26. The van der Waals surface area contributed by atoms with Gasteiger partial charge in [0.25, 0.3) is 10.0 Å². The number of nitrogens with zero attached hydrogens (tertiary/aromatic N) is 1. The van der Waals surface area contributed by atoms with Crippen molar-refractivity contribution in [2.45, 2.75) is 4.90 Å². The average Bonchev–Trinajstić information content (AvgIpc) is 2.82. The minimum Gasteiger partial charge on any atom is -0.497 e. The molecule has 0 aliphatic heterocycles. The summed E-state index contributed by atoms with van der Waals surface area (Å²) < 4.78 is 43.9. The van der Waals surface area contributed by atoms with Crippen LogP contribution in [0.4, 0.5) is 11.4 Å². The molecule has 1 amide bonds. The van der Waals surface area contributed by atoms with E-state index < -0.39 is 22.5 Å². The molecule has 1 N–H and O–H groups in total. The maximum Gasteiger partial charge on any atom is 0.264 e. The molecule has 3 rings (SSSR count). The number of halogens is 1. The van der Waals surface area contributed by atoms with Crippen LogP contribution in [0, 0.1) is 0 Å². The number of anilines is 2. The predicted octanol–water partition coefficient (Wildman–Crippen LogP) is 4.20. The first-order valence-corrected chi connectivity index (χ1v) is 11.5. The van der Waals surface area contributed by atoms with Crippen molar-refractivity contribution in [2.75, 3.05) is 37.5 Å². The fourth-order valence-corrected chi connectivity index (χ4v) is 4.73. The summed E-state index contributed by atoms with van der Waals surface area (Å²) in [6.45, 7) is -0.532. The second-order valence-electron chi connectivity index (χ2n) is 6.76. The number of sulfonamides is 1. The first-order chi connectivity index (χ1) is 15.8. The van der Waals surface area contributed by atoms with Crippen molar-refractivity contribution < 1.29 is 27.4 Å². The molecule has 0 radical (unpaired) electrons. The second kappa shape index (κ2) is 10.5. The van der Waals surface area contributed by atoms with Crippen molar-refractivity contribution in [3.63, 3.8) is 0 Å². The third kappa shape index (κ3) is 5.50. The van der Waals surface area contributed by atoms with E-state index in [1.165, 1.54) is 45.6 Å². The van der Waals surface area contributed by atoms with Crippen LogP contribution in [-0.2, 0) is 14.8 Å². The Morgan fingerprint density at radius 3 is 2.24 bits per heavy atom. The van der Waals surface area contributed by atoms with E-state index in [4.69, 9.17) is 25.8 Å². The standard InChI is InChI=1S/C23H23ClN2O6S/c1-30-17-10-11-20(22(14-17)32-3)26(33(28,29)18-7-5-4-6-8-18)15-23(27)25-19-13-16(24)9-12-21(19)31-2/h4-14H,15H2,1-3H3,(H,25,27). The molecule has 3 aromatic carbocycles. The molecule has 3 aromatic rings. The van der Waals surface area contributed by atoms with Gasteiger partial charge in [0.05, 0.1) is 37.6 Å². The number of methoxy groups -OCH3 is 3. The highest BCUT2D eigenvalue weighted by atomic mass is 35.5. The highest BCUT2D eigenvalue weighted by molar-refractivity contribution is 7.92. The summed E-state index contributed by atoms with van der Waals surface area (Å²) in [6.07, 6.45) is 0. The molecule has 0 saturated carbocycles. The van der Waals surface area contributed by atoms with E-state index in [0.29, 0.717) is 22.2 Å². The van der Waals surface area contributed by atoms with Crippen LogP contribution in [0.3, 0.4) is 0 Å². The fourth-order valence-electron chi connectivity index (χ4n) is 3.11. The normalized spacial score (nSPS) is 10.9. The predicted molar refractivity (Wildman–Crippen MR) is 127 cm³/mol. The van der Waals surface area contributed by atoms with Crippen LogP contribution in [0.15, 0.2) is 71.6 Å². The topological polar surface area (TPSA) is 94.2 Å². The Morgan fingerprint density at radius 2 is 1.61 bits per heavy atom. The highest BCUT2D eigenvalue weighted by Gasteiger charge is 2.30. The monoisotopic (exact) mass is 490 g/mol. The summed E-state index contributed by atoms with van der Waals surface area (Å²) in [5.41, 5.74) is 0.490. The van der Waals surface area contributed by atoms with Crippen LogP contribution < -0.4 is 23.8 Å². The number of hydrogen-bond acceptors (Lipinski definition) is 6. The van der Waals surface area contributed by atoms with Gasteiger partial charge in [-0.25, -0.2) is 8.42 Å². The zero-order valence-electron chi connectivity index (χ0n) is 18.2. The van der Waals surface area contributed by atoms with Gasteiger partial charge in [0.15, 0.2) is 0 Å². The number of rotatable bonds is 9. The molecular formula is C23H23ClN2O6S. The summed E-state index contributed by atoms with van der Waals surface area (Å²) in [5.74, 6) is 0.475. The number of carbonyl (C=O) groups excluding carboxylic acids is 1. The Morgan fingerprint density at radius 1 is 0.909 bits per heavy atom. The Balaban J connectivity index is 2.03. The highest BCUT2D eigenvalue weighted by Crippen LogP contribution is 2.35. The molecule has 8 nitrogen and oxygen atoms in total. The van der Waals surface area contributed by atoms with Crippen LogP contribution in [0.5, 0.6) is 17.2 Å². The maximum atomic E-state index is 13.5. The Kier molecular flexibility index (Phi) is 7.67. The molecule has 0 aliphatic carbocycles. The van der Waals surface area contributed by atoms with E-state index in [-0.39, 0.29) is 16.3 Å². The SMILES string of the molecule is COc1ccc(N(CC(=O)Nc2cc(Cl)ccc2OC)S(=O)(=O)c2ccccc2)c(OC)c1. The Bertz CT molecular complexity index is 1230. The Labute approximate surface area is 197 Å². The molecule has 33 heavy (non-hydrogen) atoms. The number of benzene rings is 3. The van der Waals surface area contributed by atoms with Gasteiger partial charge in [-0.05, 0) is 42.5 Å². The van der Waals surface area contributed by atoms with Crippen LogP contribution in [0.1, 0.15) is 0 Å². The number of carbonyl (C=O) groups is 1. The van der Waals surface area contributed by atoms with Gasteiger partial charge in [-0.1, -0.05) is 29.8 Å². The van der Waals surface area contributed by atoms with E-state index >= 15 is 0 Å². The summed E-state index contributed by atoms with van der Waals surface area (Å²) in [7, 11) is 0.219. The average molecular weight is 491 g/mol. The number of ether oxygens (including phenoxy) is 3. The third-order valence-corrected chi connectivity index (χ3v) is 6.72. The molecule has 0 heterocycles. The largest absolute Gasteiger partial charge is 0.497 e. The Hall–Kier alpha value is -3.43. The molecule has 0 saturated heterocycles. The minimum absolute atomic E-state index is 0.0241. The smallest absolute Gasteiger partial charge is 0.264 e. The van der Waals surface area contributed by atoms with E-state index in [9.17, 15) is 13.2 Å². The van der Waals surface area contributed by atoms with Crippen molar-refractivity contribution in [3.05, 3.63) is 71.8 Å². The lowest BCUT2D eigenvalue weighted by atomic mass is 10.2. The number of nitrogens with one attached hydrogen (secondary N) is 1. The minimum atomic E-state index is -4.12. The molecule has 10 heteroatoms. The zero-order valence-corrected chi connectivity index (χ0v) is 19.8. The lowest BCUT2D eigenvalue weighted by Crippen LogP contribution is -2.38. The van der Waals surface area contributed by atoms with Crippen molar-refractivity contribution in [2.24, 2.45) is 0 Å². The van der Waals surface area contributed by atoms with Crippen LogP contribution in [0.25, 0.3) is 0 Å². The van der Waals surface area contributed by atoms with Gasteiger partial charge < -0.3 is 19.5 Å². The first kappa shape index (κ1) is 24.2. The third-order valence-electron chi connectivity index (χ3n) is 4.71. The second-order valence-corrected chi connectivity index (χ2v) is 9.05. The summed E-state index contributed by atoms with van der Waals surface area (Å²) in [6, 6.07) is 17.2. The molecule has 0 aromatic heterocycles. The molecule has 174 valence electrons. The summed E-state index contributed by atoms with van der Waals surface area (Å²) in [4.78, 5) is 13.0. The van der Waals surface area contributed by atoms with Gasteiger partial charge in [0.2, 0.25) is 5.91 Å². The zero-order chi connectivity index (χ0) is 24.0. The molecular weight excluding hydrogens is 468 g/mol. The van der Waals surface area contributed by atoms with Crippen LogP contribution in [-0.4, -0.2) is 42.2 Å². The molecule has 0 unspecified atom stereocenters. The van der Waals surface area contributed by atoms with Crippen molar-refractivity contribution in [1.29, 1.82) is 0 Å². The van der Waals surface area contributed by atoms with Crippen LogP contribution in [0.2, 0.25) is 5.02 Å². The lowest BCUT2D eigenvalue weighted by molar-refractivity contribution is -0.114. The van der Waals surface area contributed by atoms with Crippen LogP contribution >= 0.6 is 11.6 Å². The van der Waals surface area contributed by atoms with Gasteiger partial charge >= 0.3 is 0 Å². The first-order valence-electron chi connectivity index (χ1n) is 9.73. The van der Waals surface area contributed by atoms with Crippen molar-refractivity contribution in [3.8, 4) is 17.2 Å². The van der Waals surface area contributed by atoms with Gasteiger partial charge in [-0.15, -0.1) is 0 Å². The fraction of sp³-hybridized carbons (Fsp3) is 0.174. The molecule has 0 atom stereocenters. The van der Waals surface area contributed by atoms with Gasteiger partial charge in [-0.2, -0.15) is 0 Å². The maximum absolute atomic E-state index is 13.5. The van der Waals surface area contributed by atoms with E-state index in [0.717, 1.165) is 4.31 Å². The molecule has 0 aliphatic rings. The van der Waals surface area contributed by atoms with Crippen molar-refractivity contribution in [1.82, 2.24) is 0 Å². The van der Waals surface area contributed by atoms with E-state index in [1.807, 2.05) is 0 Å². The molecule has 0 fully saturated rings. The van der Waals surface area contributed by atoms with Gasteiger partial charge in [0, 0.05) is 11.1 Å². The van der Waals surface area contributed by atoms with Gasteiger partial charge in [0.1, 0.15) is 23.8 Å². The van der Waals surface area contributed by atoms with Crippen molar-refractivity contribution >= 4 is 38.9 Å². The number of amides is 1. The summed E-state index contributed by atoms with van der Waals surface area (Å²) >= 11 is 6.04. The molecule has 0 bridgehead atoms. The number of hydrogen-bond donors (Lipinski definition) is 1. The van der Waals surface area contributed by atoms with E-state index in [1.54, 1.807) is 42.5 Å². The quantitative estimate of drug-likeness (QED) is 0.483. The van der Waals surface area contributed by atoms with Gasteiger partial charge in [-0.3, -0.25) is 9.10 Å². The summed E-state index contributed by atoms with van der Waals surface area (Å²) in [5, 5.41) is 3.05. The molecule has 0 spiro atoms. The van der Waals surface area contributed by atoms with E-state index in [2.05, 4.69) is 5.32 Å².